The maximum absolute atomic E-state index is 13.1. The molecule has 1 N–H and O–H groups in total. The van der Waals surface area contributed by atoms with Crippen molar-refractivity contribution in [3.05, 3.63) is 70.6 Å². The van der Waals surface area contributed by atoms with Crippen molar-refractivity contribution in [3.63, 3.8) is 0 Å². The number of benzene rings is 2. The zero-order valence-electron chi connectivity index (χ0n) is 12.5. The van der Waals surface area contributed by atoms with E-state index in [1.165, 1.54) is 16.7 Å². The van der Waals surface area contributed by atoms with Gasteiger partial charge >= 0.3 is 6.03 Å². The summed E-state index contributed by atoms with van der Waals surface area (Å²) in [5, 5.41) is 5.09. The normalized spacial score (nSPS) is 22.9. The highest BCUT2D eigenvalue weighted by Gasteiger charge is 2.46. The molecule has 24 heavy (non-hydrogen) atoms. The summed E-state index contributed by atoms with van der Waals surface area (Å²) in [5.41, 5.74) is 2.41. The van der Waals surface area contributed by atoms with Crippen LogP contribution in [0.1, 0.15) is 5.56 Å². The molecule has 1 saturated heterocycles. The highest BCUT2D eigenvalue weighted by atomic mass is 35.5. The summed E-state index contributed by atoms with van der Waals surface area (Å²) in [6.45, 7) is 0. The molecular weight excluding hydrogens is 344 g/mol. The standard InChI is InChI=1S/C18H13ClN2O2S/c19-12-7-4-8-13(9-12)21-17(22)15-14(11-5-2-1-3-6-11)10-24-16(15)20-18(21)23/h1-10,15-16H,(H,20,23). The summed E-state index contributed by atoms with van der Waals surface area (Å²) in [7, 11) is 0. The fourth-order valence-electron chi connectivity index (χ4n) is 3.00. The van der Waals surface area contributed by atoms with Crippen LogP contribution in [0.3, 0.4) is 0 Å². The Kier molecular flexibility index (Phi) is 3.82. The monoisotopic (exact) mass is 356 g/mol. The molecule has 0 aromatic heterocycles. The number of halogens is 1. The Morgan fingerprint density at radius 1 is 1.04 bits per heavy atom. The Morgan fingerprint density at radius 2 is 1.83 bits per heavy atom. The lowest BCUT2D eigenvalue weighted by Gasteiger charge is -2.34. The van der Waals surface area contributed by atoms with E-state index in [9.17, 15) is 9.59 Å². The quantitative estimate of drug-likeness (QED) is 0.880. The number of nitrogens with zero attached hydrogens (tertiary/aromatic N) is 1. The molecule has 2 aliphatic heterocycles. The van der Waals surface area contributed by atoms with E-state index >= 15 is 0 Å². The van der Waals surface area contributed by atoms with E-state index in [0.29, 0.717) is 10.7 Å². The van der Waals surface area contributed by atoms with Gasteiger partial charge in [0.25, 0.3) is 0 Å². The van der Waals surface area contributed by atoms with Gasteiger partial charge in [0.1, 0.15) is 0 Å². The fraction of sp³-hybridized carbons (Fsp3) is 0.111. The van der Waals surface area contributed by atoms with E-state index in [2.05, 4.69) is 5.32 Å². The average Bonchev–Trinajstić information content (AvgIpc) is 3.00. The van der Waals surface area contributed by atoms with Crippen molar-refractivity contribution in [2.45, 2.75) is 5.37 Å². The van der Waals surface area contributed by atoms with Crippen molar-refractivity contribution in [2.75, 3.05) is 4.90 Å². The lowest BCUT2D eigenvalue weighted by atomic mass is 9.91. The zero-order chi connectivity index (χ0) is 16.7. The van der Waals surface area contributed by atoms with Crippen LogP contribution < -0.4 is 10.2 Å². The number of anilines is 1. The molecule has 0 saturated carbocycles. The van der Waals surface area contributed by atoms with Gasteiger partial charge < -0.3 is 5.32 Å². The van der Waals surface area contributed by atoms with Gasteiger partial charge in [0.2, 0.25) is 5.91 Å². The van der Waals surface area contributed by atoms with Crippen molar-refractivity contribution in [1.82, 2.24) is 5.32 Å². The second-order valence-corrected chi connectivity index (χ2v) is 7.03. The molecule has 0 bridgehead atoms. The third-order valence-corrected chi connectivity index (χ3v) is 5.42. The third-order valence-electron chi connectivity index (χ3n) is 4.11. The maximum atomic E-state index is 13.1. The summed E-state index contributed by atoms with van der Waals surface area (Å²) >= 11 is 7.48. The Balaban J connectivity index is 1.72. The van der Waals surface area contributed by atoms with Crippen LogP contribution in [0.25, 0.3) is 5.57 Å². The predicted molar refractivity (Wildman–Crippen MR) is 96.8 cm³/mol. The minimum absolute atomic E-state index is 0.230. The van der Waals surface area contributed by atoms with E-state index in [4.69, 9.17) is 11.6 Å². The zero-order valence-corrected chi connectivity index (χ0v) is 14.1. The Labute approximate surface area is 148 Å². The van der Waals surface area contributed by atoms with E-state index in [0.717, 1.165) is 11.1 Å². The average molecular weight is 357 g/mol. The first-order valence-electron chi connectivity index (χ1n) is 7.46. The second kappa shape index (κ2) is 6.00. The van der Waals surface area contributed by atoms with Gasteiger partial charge in [0.15, 0.2) is 0 Å². The van der Waals surface area contributed by atoms with E-state index in [-0.39, 0.29) is 11.3 Å². The Morgan fingerprint density at radius 3 is 2.58 bits per heavy atom. The minimum atomic E-state index is -0.418. The van der Waals surface area contributed by atoms with Crippen molar-refractivity contribution in [1.29, 1.82) is 0 Å². The summed E-state index contributed by atoms with van der Waals surface area (Å²) in [6.07, 6.45) is 0. The largest absolute Gasteiger partial charge is 0.329 e. The number of carbonyl (C=O) groups is 2. The molecule has 2 atom stereocenters. The minimum Gasteiger partial charge on any atom is -0.324 e. The predicted octanol–water partition coefficient (Wildman–Crippen LogP) is 4.13. The molecule has 120 valence electrons. The number of rotatable bonds is 2. The summed E-state index contributed by atoms with van der Waals surface area (Å²) in [5.74, 6) is -0.639. The number of nitrogens with one attached hydrogen (secondary N) is 1. The van der Waals surface area contributed by atoms with Crippen LogP contribution in [0.5, 0.6) is 0 Å². The second-order valence-electron chi connectivity index (χ2n) is 5.58. The lowest BCUT2D eigenvalue weighted by molar-refractivity contribution is -0.120. The molecule has 4 nitrogen and oxygen atoms in total. The highest BCUT2D eigenvalue weighted by Crippen LogP contribution is 2.43. The maximum Gasteiger partial charge on any atom is 0.329 e. The van der Waals surface area contributed by atoms with Crippen molar-refractivity contribution < 1.29 is 9.59 Å². The number of fused-ring (bicyclic) bond motifs is 1. The number of imide groups is 1. The Hall–Kier alpha value is -2.24. The van der Waals surface area contributed by atoms with Gasteiger partial charge in [-0.25, -0.2) is 9.69 Å². The van der Waals surface area contributed by atoms with Crippen molar-refractivity contribution in [2.24, 2.45) is 5.92 Å². The SMILES string of the molecule is O=C1NC2SC=C(c3ccccc3)C2C(=O)N1c1cccc(Cl)c1. The van der Waals surface area contributed by atoms with E-state index < -0.39 is 11.9 Å². The Bertz CT molecular complexity index is 853. The number of hydrogen-bond acceptors (Lipinski definition) is 3. The topological polar surface area (TPSA) is 49.4 Å². The van der Waals surface area contributed by atoms with Gasteiger partial charge in [0.05, 0.1) is 17.0 Å². The number of carbonyl (C=O) groups excluding carboxylic acids is 2. The summed E-state index contributed by atoms with van der Waals surface area (Å²) in [6, 6.07) is 16.1. The molecule has 0 radical (unpaired) electrons. The molecule has 2 unspecified atom stereocenters. The fourth-order valence-corrected chi connectivity index (χ4v) is 4.35. The smallest absolute Gasteiger partial charge is 0.324 e. The summed E-state index contributed by atoms with van der Waals surface area (Å²) in [4.78, 5) is 26.7. The van der Waals surface area contributed by atoms with E-state index in [1.807, 2.05) is 35.7 Å². The van der Waals surface area contributed by atoms with Crippen molar-refractivity contribution >= 4 is 46.6 Å². The van der Waals surface area contributed by atoms with Crippen LogP contribution in [0.4, 0.5) is 10.5 Å². The molecule has 1 fully saturated rings. The van der Waals surface area contributed by atoms with E-state index in [1.54, 1.807) is 24.3 Å². The van der Waals surface area contributed by atoms with Gasteiger partial charge in [-0.1, -0.05) is 48.0 Å². The number of urea groups is 1. The van der Waals surface area contributed by atoms with Crippen LogP contribution in [0, 0.1) is 5.92 Å². The van der Waals surface area contributed by atoms with Crippen LogP contribution >= 0.6 is 23.4 Å². The van der Waals surface area contributed by atoms with Crippen LogP contribution in [0.2, 0.25) is 5.02 Å². The first-order chi connectivity index (χ1) is 11.6. The van der Waals surface area contributed by atoms with Gasteiger partial charge in [-0.3, -0.25) is 4.79 Å². The van der Waals surface area contributed by atoms with Crippen LogP contribution in [0.15, 0.2) is 60.0 Å². The molecule has 0 spiro atoms. The molecular formula is C18H13ClN2O2S. The molecule has 6 heteroatoms. The molecule has 2 aromatic carbocycles. The first-order valence-corrected chi connectivity index (χ1v) is 8.78. The molecule has 2 heterocycles. The first kappa shape index (κ1) is 15.3. The summed E-state index contributed by atoms with van der Waals surface area (Å²) < 4.78 is 0. The van der Waals surface area contributed by atoms with Crippen molar-refractivity contribution in [3.8, 4) is 0 Å². The van der Waals surface area contributed by atoms with Gasteiger partial charge in [-0.15, -0.1) is 11.8 Å². The van der Waals surface area contributed by atoms with Gasteiger partial charge in [0, 0.05) is 5.02 Å². The molecule has 2 aliphatic rings. The third kappa shape index (κ3) is 2.50. The molecule has 3 amide bonds. The molecule has 0 aliphatic carbocycles. The highest BCUT2D eigenvalue weighted by molar-refractivity contribution is 8.03. The number of amides is 3. The van der Waals surface area contributed by atoms with Gasteiger partial charge in [-0.2, -0.15) is 0 Å². The number of hydrogen-bond donors (Lipinski definition) is 1. The molecule has 4 rings (SSSR count). The van der Waals surface area contributed by atoms with Crippen LogP contribution in [-0.4, -0.2) is 17.3 Å². The number of thioether (sulfide) groups is 1. The molecule has 2 aromatic rings. The van der Waals surface area contributed by atoms with Gasteiger partial charge in [-0.05, 0) is 34.7 Å². The lowest BCUT2D eigenvalue weighted by Crippen LogP contribution is -2.58. The van der Waals surface area contributed by atoms with Crippen LogP contribution in [-0.2, 0) is 4.79 Å².